The molecule has 7 heteroatoms. The second-order valence-electron chi connectivity index (χ2n) is 5.57. The van der Waals surface area contributed by atoms with Gasteiger partial charge in [0.05, 0.1) is 11.3 Å². The number of nitrogens with zero attached hydrogens (tertiary/aromatic N) is 3. The Labute approximate surface area is 135 Å². The molecule has 2 amide bonds. The molecule has 0 fully saturated rings. The van der Waals surface area contributed by atoms with E-state index in [9.17, 15) is 9.59 Å². The average Bonchev–Trinajstić information content (AvgIpc) is 3.18. The Kier molecular flexibility index (Phi) is 5.56. The summed E-state index contributed by atoms with van der Waals surface area (Å²) in [5.41, 5.74) is 1.37. The maximum absolute atomic E-state index is 12.4. The van der Waals surface area contributed by atoms with Crippen molar-refractivity contribution >= 4 is 18.1 Å². The Morgan fingerprint density at radius 2 is 2.17 bits per heavy atom. The van der Waals surface area contributed by atoms with Crippen LogP contribution in [0.1, 0.15) is 34.7 Å². The highest BCUT2D eigenvalue weighted by atomic mass is 16.5. The first-order valence-corrected chi connectivity index (χ1v) is 7.56. The van der Waals surface area contributed by atoms with Crippen LogP contribution in [0.15, 0.2) is 22.9 Å². The summed E-state index contributed by atoms with van der Waals surface area (Å²) in [7, 11) is 3.37. The first kappa shape index (κ1) is 16.8. The minimum atomic E-state index is -0.106. The summed E-state index contributed by atoms with van der Waals surface area (Å²) in [5, 5.41) is 3.85. The summed E-state index contributed by atoms with van der Waals surface area (Å²) in [6, 6.07) is 3.61. The van der Waals surface area contributed by atoms with Crippen LogP contribution in [-0.4, -0.2) is 48.0 Å². The van der Waals surface area contributed by atoms with Crippen molar-refractivity contribution in [3.8, 4) is 0 Å². The van der Waals surface area contributed by atoms with E-state index in [4.69, 9.17) is 4.52 Å². The second-order valence-corrected chi connectivity index (χ2v) is 5.57. The van der Waals surface area contributed by atoms with Gasteiger partial charge in [-0.3, -0.25) is 9.59 Å². The third kappa shape index (κ3) is 4.21. The normalized spacial score (nSPS) is 10.6. The second kappa shape index (κ2) is 7.62. The molecule has 2 rings (SSSR count). The van der Waals surface area contributed by atoms with Gasteiger partial charge in [0.15, 0.2) is 0 Å². The Morgan fingerprint density at radius 3 is 2.83 bits per heavy atom. The SMILES string of the molecule is Cc1cc(CCCCN(C)C(=O)c2cc[nH]c2N(C)C=O)on1. The maximum Gasteiger partial charge on any atom is 0.257 e. The number of H-pyrrole nitrogens is 1. The van der Waals surface area contributed by atoms with Crippen molar-refractivity contribution < 1.29 is 14.1 Å². The number of carbonyl (C=O) groups is 2. The minimum Gasteiger partial charge on any atom is -0.361 e. The molecule has 7 nitrogen and oxygen atoms in total. The molecule has 0 aliphatic carbocycles. The summed E-state index contributed by atoms with van der Waals surface area (Å²) < 4.78 is 5.16. The fraction of sp³-hybridized carbons (Fsp3) is 0.438. The number of anilines is 1. The molecule has 2 aromatic heterocycles. The number of unbranched alkanes of at least 4 members (excludes halogenated alkanes) is 1. The standard InChI is InChI=1S/C16H22N4O3/c1-12-10-13(23-18-12)6-4-5-9-19(2)16(22)14-7-8-17-15(14)20(3)11-21/h7-8,10-11,17H,4-6,9H2,1-3H3. The van der Waals surface area contributed by atoms with E-state index in [-0.39, 0.29) is 5.91 Å². The lowest BCUT2D eigenvalue weighted by Crippen LogP contribution is -2.29. The Bertz CT molecular complexity index is 662. The van der Waals surface area contributed by atoms with E-state index in [2.05, 4.69) is 10.1 Å². The molecule has 2 heterocycles. The van der Waals surface area contributed by atoms with Gasteiger partial charge in [-0.2, -0.15) is 0 Å². The van der Waals surface area contributed by atoms with Gasteiger partial charge in [0, 0.05) is 39.3 Å². The van der Waals surface area contributed by atoms with E-state index >= 15 is 0 Å². The van der Waals surface area contributed by atoms with Crippen LogP contribution in [0, 0.1) is 6.92 Å². The van der Waals surface area contributed by atoms with Crippen molar-refractivity contribution in [3.63, 3.8) is 0 Å². The van der Waals surface area contributed by atoms with Crippen molar-refractivity contribution in [2.24, 2.45) is 0 Å². The number of hydrogen-bond donors (Lipinski definition) is 1. The zero-order chi connectivity index (χ0) is 16.8. The summed E-state index contributed by atoms with van der Waals surface area (Å²) in [5.74, 6) is 1.27. The van der Waals surface area contributed by atoms with E-state index < -0.39 is 0 Å². The van der Waals surface area contributed by atoms with Gasteiger partial charge >= 0.3 is 0 Å². The Morgan fingerprint density at radius 1 is 1.39 bits per heavy atom. The summed E-state index contributed by atoms with van der Waals surface area (Å²) in [4.78, 5) is 29.2. The molecule has 0 radical (unpaired) electrons. The maximum atomic E-state index is 12.4. The van der Waals surface area contributed by atoms with E-state index in [1.54, 1.807) is 31.3 Å². The van der Waals surface area contributed by atoms with Crippen LogP contribution >= 0.6 is 0 Å². The molecule has 0 spiro atoms. The van der Waals surface area contributed by atoms with Crippen molar-refractivity contribution in [1.82, 2.24) is 15.0 Å². The largest absolute Gasteiger partial charge is 0.361 e. The molecule has 1 N–H and O–H groups in total. The zero-order valence-electron chi connectivity index (χ0n) is 13.7. The van der Waals surface area contributed by atoms with Crippen LogP contribution in [0.2, 0.25) is 0 Å². The van der Waals surface area contributed by atoms with Gasteiger partial charge in [-0.15, -0.1) is 0 Å². The molecule has 23 heavy (non-hydrogen) atoms. The van der Waals surface area contributed by atoms with Gasteiger partial charge in [0.1, 0.15) is 11.6 Å². The fourth-order valence-electron chi connectivity index (χ4n) is 2.37. The number of aryl methyl sites for hydroxylation is 2. The zero-order valence-corrected chi connectivity index (χ0v) is 13.7. The van der Waals surface area contributed by atoms with Gasteiger partial charge in [-0.25, -0.2) is 0 Å². The van der Waals surface area contributed by atoms with Gasteiger partial charge < -0.3 is 19.3 Å². The third-order valence-corrected chi connectivity index (χ3v) is 3.66. The van der Waals surface area contributed by atoms with Gasteiger partial charge in [-0.05, 0) is 25.8 Å². The number of amides is 2. The summed E-state index contributed by atoms with van der Waals surface area (Å²) in [6.45, 7) is 2.53. The lowest BCUT2D eigenvalue weighted by atomic mass is 10.2. The molecule has 2 aromatic rings. The summed E-state index contributed by atoms with van der Waals surface area (Å²) in [6.07, 6.45) is 4.92. The molecule has 0 bridgehead atoms. The van der Waals surface area contributed by atoms with Crippen LogP contribution in [0.25, 0.3) is 0 Å². The van der Waals surface area contributed by atoms with Crippen LogP contribution < -0.4 is 4.90 Å². The molecule has 124 valence electrons. The van der Waals surface area contributed by atoms with E-state index in [0.717, 1.165) is 30.7 Å². The van der Waals surface area contributed by atoms with Crippen molar-refractivity contribution in [3.05, 3.63) is 35.3 Å². The van der Waals surface area contributed by atoms with E-state index in [1.807, 2.05) is 13.0 Å². The smallest absolute Gasteiger partial charge is 0.257 e. The highest BCUT2D eigenvalue weighted by Gasteiger charge is 2.18. The van der Waals surface area contributed by atoms with Crippen LogP contribution in [0.5, 0.6) is 0 Å². The first-order chi connectivity index (χ1) is 11.0. The number of rotatable bonds is 8. The predicted octanol–water partition coefficient (Wildman–Crippen LogP) is 2.00. The van der Waals surface area contributed by atoms with E-state index in [0.29, 0.717) is 24.3 Å². The molecule has 0 saturated heterocycles. The van der Waals surface area contributed by atoms with Gasteiger partial charge in [0.25, 0.3) is 5.91 Å². The molecular weight excluding hydrogens is 296 g/mol. The topological polar surface area (TPSA) is 82.4 Å². The monoisotopic (exact) mass is 318 g/mol. The Balaban J connectivity index is 1.83. The molecule has 0 aliphatic heterocycles. The third-order valence-electron chi connectivity index (χ3n) is 3.66. The molecule has 0 saturated carbocycles. The van der Waals surface area contributed by atoms with Gasteiger partial charge in [-0.1, -0.05) is 5.16 Å². The Hall–Kier alpha value is -2.57. The highest BCUT2D eigenvalue weighted by molar-refractivity contribution is 6.00. The fourth-order valence-corrected chi connectivity index (χ4v) is 2.37. The molecule has 0 atom stereocenters. The molecule has 0 unspecified atom stereocenters. The molecule has 0 aliphatic rings. The number of nitrogens with one attached hydrogen (secondary N) is 1. The average molecular weight is 318 g/mol. The summed E-state index contributed by atoms with van der Waals surface area (Å²) >= 11 is 0. The lowest BCUT2D eigenvalue weighted by Gasteiger charge is -2.18. The molecule has 0 aromatic carbocycles. The number of hydrogen-bond acceptors (Lipinski definition) is 4. The number of carbonyl (C=O) groups excluding carboxylic acids is 2. The number of aromatic nitrogens is 2. The first-order valence-electron chi connectivity index (χ1n) is 7.56. The van der Waals surface area contributed by atoms with Crippen molar-refractivity contribution in [2.45, 2.75) is 26.2 Å². The predicted molar refractivity (Wildman–Crippen MR) is 86.4 cm³/mol. The highest BCUT2D eigenvalue weighted by Crippen LogP contribution is 2.18. The minimum absolute atomic E-state index is 0.106. The van der Waals surface area contributed by atoms with Crippen molar-refractivity contribution in [1.29, 1.82) is 0 Å². The van der Waals surface area contributed by atoms with E-state index in [1.165, 1.54) is 4.90 Å². The van der Waals surface area contributed by atoms with Crippen molar-refractivity contribution in [2.75, 3.05) is 25.5 Å². The van der Waals surface area contributed by atoms with Crippen LogP contribution in [0.3, 0.4) is 0 Å². The van der Waals surface area contributed by atoms with Gasteiger partial charge in [0.2, 0.25) is 6.41 Å². The van der Waals surface area contributed by atoms with Crippen LogP contribution in [0.4, 0.5) is 5.82 Å². The van der Waals surface area contributed by atoms with Crippen LogP contribution in [-0.2, 0) is 11.2 Å². The molecular formula is C16H22N4O3. The number of aromatic amines is 1. The quantitative estimate of drug-likeness (QED) is 0.596. The lowest BCUT2D eigenvalue weighted by molar-refractivity contribution is -0.107.